The molecule has 1 fully saturated rings. The first kappa shape index (κ1) is 21.0. The number of furan rings is 1. The molecular weight excluding hydrogens is 426 g/mol. The maximum absolute atomic E-state index is 11.4. The summed E-state index contributed by atoms with van der Waals surface area (Å²) < 4.78 is 11.7. The highest BCUT2D eigenvalue weighted by Gasteiger charge is 2.29. The van der Waals surface area contributed by atoms with Gasteiger partial charge in [0, 0.05) is 50.1 Å². The van der Waals surface area contributed by atoms with Crippen molar-refractivity contribution in [2.45, 2.75) is 19.5 Å². The normalized spacial score (nSPS) is 19.4. The van der Waals surface area contributed by atoms with Gasteiger partial charge in [-0.2, -0.15) is 0 Å². The number of piperazine rings is 1. The van der Waals surface area contributed by atoms with Gasteiger partial charge >= 0.3 is 6.09 Å². The summed E-state index contributed by atoms with van der Waals surface area (Å²) in [5.74, 6) is 1.45. The van der Waals surface area contributed by atoms with Crippen LogP contribution in [0.3, 0.4) is 0 Å². The van der Waals surface area contributed by atoms with Crippen LogP contribution in [0.4, 0.5) is 10.6 Å². The van der Waals surface area contributed by atoms with E-state index in [0.717, 1.165) is 11.1 Å². The van der Waals surface area contributed by atoms with Crippen LogP contribution in [0.5, 0.6) is 11.5 Å². The van der Waals surface area contributed by atoms with Crippen molar-refractivity contribution in [2.24, 2.45) is 10.2 Å². The molecule has 1 atom stereocenters. The van der Waals surface area contributed by atoms with E-state index < -0.39 is 6.09 Å². The molecule has 1 saturated heterocycles. The van der Waals surface area contributed by atoms with Gasteiger partial charge in [0.25, 0.3) is 0 Å². The van der Waals surface area contributed by atoms with Crippen LogP contribution in [-0.4, -0.2) is 63.9 Å². The molecule has 10 heteroatoms. The minimum atomic E-state index is -0.906. The molecule has 0 radical (unpaired) electrons. The molecule has 2 aromatic heterocycles. The number of nitrogens with zero attached hydrogens (tertiary/aromatic N) is 5. The lowest BCUT2D eigenvalue weighted by Gasteiger charge is -2.38. The quantitative estimate of drug-likeness (QED) is 0.608. The van der Waals surface area contributed by atoms with Crippen LogP contribution in [0, 0.1) is 0 Å². The molecule has 33 heavy (non-hydrogen) atoms. The van der Waals surface area contributed by atoms with Gasteiger partial charge in [-0.3, -0.25) is 4.90 Å². The van der Waals surface area contributed by atoms with Crippen molar-refractivity contribution in [1.82, 2.24) is 14.8 Å². The van der Waals surface area contributed by atoms with E-state index >= 15 is 0 Å². The lowest BCUT2D eigenvalue weighted by Crippen LogP contribution is -2.53. The van der Waals surface area contributed by atoms with Gasteiger partial charge in [0.1, 0.15) is 17.0 Å². The van der Waals surface area contributed by atoms with E-state index in [1.54, 1.807) is 37.6 Å². The second kappa shape index (κ2) is 8.21. The summed E-state index contributed by atoms with van der Waals surface area (Å²) >= 11 is 0. The molecule has 2 N–H and O–H groups in total. The summed E-state index contributed by atoms with van der Waals surface area (Å²) in [7, 11) is 1.59. The number of azo groups is 1. The number of pyridine rings is 1. The largest absolute Gasteiger partial charge is 0.504 e. The van der Waals surface area contributed by atoms with Crippen LogP contribution < -0.4 is 4.74 Å². The first-order valence-corrected chi connectivity index (χ1v) is 10.6. The average molecular weight is 449 g/mol. The third kappa shape index (κ3) is 3.68. The number of rotatable bonds is 4. The van der Waals surface area contributed by atoms with E-state index in [2.05, 4.69) is 20.1 Å². The van der Waals surface area contributed by atoms with Crippen molar-refractivity contribution in [3.63, 3.8) is 0 Å². The van der Waals surface area contributed by atoms with Crippen molar-refractivity contribution in [3.05, 3.63) is 47.3 Å². The molecule has 5 rings (SSSR count). The smallest absolute Gasteiger partial charge is 0.407 e. The molecule has 1 aromatic carbocycles. The molecule has 3 aromatic rings. The molecule has 170 valence electrons. The topological polar surface area (TPSA) is 124 Å². The van der Waals surface area contributed by atoms with Crippen molar-refractivity contribution < 1.29 is 24.2 Å². The Labute approximate surface area is 189 Å². The van der Waals surface area contributed by atoms with Crippen LogP contribution in [0.15, 0.2) is 45.1 Å². The van der Waals surface area contributed by atoms with E-state index in [9.17, 15) is 15.0 Å². The number of fused-ring (bicyclic) bond motifs is 2. The summed E-state index contributed by atoms with van der Waals surface area (Å²) in [6, 6.07) is 7.09. The molecule has 10 nitrogen and oxygen atoms in total. The highest BCUT2D eigenvalue weighted by atomic mass is 16.5. The third-order valence-corrected chi connectivity index (χ3v) is 6.06. The first-order chi connectivity index (χ1) is 16.0. The van der Waals surface area contributed by atoms with Crippen molar-refractivity contribution in [1.29, 1.82) is 0 Å². The van der Waals surface area contributed by atoms with Crippen LogP contribution >= 0.6 is 0 Å². The average Bonchev–Trinajstić information content (AvgIpc) is 3.35. The molecule has 0 saturated carbocycles. The van der Waals surface area contributed by atoms with Gasteiger partial charge < -0.3 is 24.3 Å². The van der Waals surface area contributed by atoms with Gasteiger partial charge in [-0.25, -0.2) is 9.78 Å². The molecule has 0 unspecified atom stereocenters. The zero-order chi connectivity index (χ0) is 23.1. The number of carboxylic acid groups (broad SMARTS) is 1. The van der Waals surface area contributed by atoms with Gasteiger partial charge in [-0.1, -0.05) is 0 Å². The molecular formula is C23H23N5O5. The Morgan fingerprint density at radius 2 is 2.15 bits per heavy atom. The van der Waals surface area contributed by atoms with Gasteiger partial charge in [0.15, 0.2) is 17.3 Å². The van der Waals surface area contributed by atoms with Crippen LogP contribution in [0.25, 0.3) is 22.7 Å². The molecule has 2 aliphatic rings. The van der Waals surface area contributed by atoms with Crippen molar-refractivity contribution >= 4 is 34.7 Å². The molecule has 2 aliphatic heterocycles. The number of methoxy groups -OCH3 is 1. The van der Waals surface area contributed by atoms with Gasteiger partial charge in [0.05, 0.1) is 18.1 Å². The Balaban J connectivity index is 1.50. The number of aromatic nitrogens is 1. The van der Waals surface area contributed by atoms with Crippen LogP contribution in [-0.2, 0) is 6.54 Å². The molecule has 0 aliphatic carbocycles. The number of amides is 1. The zero-order valence-corrected chi connectivity index (χ0v) is 18.2. The number of carbonyl (C=O) groups is 1. The number of hydrogen-bond donors (Lipinski definition) is 2. The predicted octanol–water partition coefficient (Wildman–Crippen LogP) is 4.32. The molecule has 1 amide bonds. The van der Waals surface area contributed by atoms with E-state index in [0.29, 0.717) is 54.4 Å². The highest BCUT2D eigenvalue weighted by Crippen LogP contribution is 2.41. The minimum absolute atomic E-state index is 0.0120. The third-order valence-electron chi connectivity index (χ3n) is 6.06. The zero-order valence-electron chi connectivity index (χ0n) is 18.2. The standard InChI is InChI=1S/C23H23N5O5/c1-13-11-27(8-9-28(13)23(30)31)12-16-18(32-2)6-5-15-20(29)19(33-21(15)16)10-17-14-4-3-7-24-22(14)26-25-17/h3-7,10,13,29H,8-9,11-12H2,1-2H3,(H,30,31)/t13-/m0/s1. The summed E-state index contributed by atoms with van der Waals surface area (Å²) in [6.07, 6.45) is 2.39. The summed E-state index contributed by atoms with van der Waals surface area (Å²) in [5, 5.41) is 29.0. The number of aromatic hydroxyl groups is 1. The van der Waals surface area contributed by atoms with Gasteiger partial charge in [-0.15, -0.1) is 10.2 Å². The highest BCUT2D eigenvalue weighted by molar-refractivity contribution is 5.94. The Morgan fingerprint density at radius 3 is 2.91 bits per heavy atom. The maximum Gasteiger partial charge on any atom is 0.407 e. The second-order valence-electron chi connectivity index (χ2n) is 8.10. The van der Waals surface area contributed by atoms with E-state index in [-0.39, 0.29) is 17.6 Å². The Kier molecular flexibility index (Phi) is 5.21. The number of ether oxygens (including phenoxy) is 1. The van der Waals surface area contributed by atoms with Gasteiger partial charge in [0.2, 0.25) is 0 Å². The van der Waals surface area contributed by atoms with Crippen molar-refractivity contribution in [3.8, 4) is 11.5 Å². The summed E-state index contributed by atoms with van der Waals surface area (Å²) in [4.78, 5) is 19.2. The number of hydrogen-bond acceptors (Lipinski definition) is 8. The van der Waals surface area contributed by atoms with Crippen LogP contribution in [0.2, 0.25) is 0 Å². The second-order valence-corrected chi connectivity index (χ2v) is 8.10. The molecule has 0 spiro atoms. The fourth-order valence-corrected chi connectivity index (χ4v) is 4.39. The summed E-state index contributed by atoms with van der Waals surface area (Å²) in [6.45, 7) is 3.98. The Hall–Kier alpha value is -3.92. The fourth-order valence-electron chi connectivity index (χ4n) is 4.39. The summed E-state index contributed by atoms with van der Waals surface area (Å²) in [5.41, 5.74) is 2.63. The van der Waals surface area contributed by atoms with E-state index in [4.69, 9.17) is 9.15 Å². The SMILES string of the molecule is COc1ccc2c(O)c(C=C3N=Nc4ncccc43)oc2c1CN1CCN(C(=O)O)[C@@H](C)C1. The van der Waals surface area contributed by atoms with Gasteiger partial charge in [-0.05, 0) is 31.2 Å². The lowest BCUT2D eigenvalue weighted by molar-refractivity contribution is 0.0708. The lowest BCUT2D eigenvalue weighted by atomic mass is 10.1. The minimum Gasteiger partial charge on any atom is -0.504 e. The van der Waals surface area contributed by atoms with E-state index in [1.807, 2.05) is 13.0 Å². The molecule has 0 bridgehead atoms. The van der Waals surface area contributed by atoms with E-state index in [1.165, 1.54) is 4.90 Å². The monoisotopic (exact) mass is 449 g/mol. The fraction of sp³-hybridized carbons (Fsp3) is 0.304. The molecule has 4 heterocycles. The number of benzene rings is 1. The Morgan fingerprint density at radius 1 is 1.30 bits per heavy atom. The van der Waals surface area contributed by atoms with Crippen LogP contribution in [0.1, 0.15) is 23.8 Å². The predicted molar refractivity (Wildman–Crippen MR) is 121 cm³/mol. The first-order valence-electron chi connectivity index (χ1n) is 10.6. The van der Waals surface area contributed by atoms with Crippen molar-refractivity contribution in [2.75, 3.05) is 26.7 Å². The Bertz CT molecular complexity index is 1300. The maximum atomic E-state index is 11.4.